The van der Waals surface area contributed by atoms with E-state index in [1.54, 1.807) is 13.8 Å². The maximum atomic E-state index is 11.0. The van der Waals surface area contributed by atoms with E-state index >= 15 is 0 Å². The highest BCUT2D eigenvalue weighted by atomic mass is 16.4. The predicted molar refractivity (Wildman–Crippen MR) is 51.7 cm³/mol. The van der Waals surface area contributed by atoms with Crippen molar-refractivity contribution in [1.29, 1.82) is 0 Å². The molecule has 0 bridgehead atoms. The summed E-state index contributed by atoms with van der Waals surface area (Å²) < 4.78 is 0. The maximum Gasteiger partial charge on any atom is 0.311 e. The molecule has 1 fully saturated rings. The quantitative estimate of drug-likeness (QED) is 0.710. The van der Waals surface area contributed by atoms with Gasteiger partial charge in [-0.25, -0.2) is 0 Å². The normalized spacial score (nSPS) is 18.8. The Morgan fingerprint density at radius 1 is 1.43 bits per heavy atom. The Morgan fingerprint density at radius 3 is 2.21 bits per heavy atom. The largest absolute Gasteiger partial charge is 0.481 e. The van der Waals surface area contributed by atoms with E-state index in [0.29, 0.717) is 5.92 Å². The van der Waals surface area contributed by atoms with Crippen LogP contribution in [0.15, 0.2) is 0 Å². The third kappa shape index (κ3) is 2.25. The van der Waals surface area contributed by atoms with Crippen LogP contribution >= 0.6 is 0 Å². The van der Waals surface area contributed by atoms with Crippen molar-refractivity contribution in [1.82, 2.24) is 5.32 Å². The van der Waals surface area contributed by atoms with Crippen LogP contribution in [0.4, 0.5) is 0 Å². The first kappa shape index (κ1) is 11.0. The molecule has 14 heavy (non-hydrogen) atoms. The fourth-order valence-corrected chi connectivity index (χ4v) is 1.67. The van der Waals surface area contributed by atoms with Gasteiger partial charge in [0.05, 0.1) is 5.41 Å². The maximum absolute atomic E-state index is 11.0. The van der Waals surface area contributed by atoms with Gasteiger partial charge in [-0.1, -0.05) is 0 Å². The molecule has 4 heteroatoms. The summed E-state index contributed by atoms with van der Waals surface area (Å²) >= 11 is 0. The third-order valence-corrected chi connectivity index (χ3v) is 2.78. The van der Waals surface area contributed by atoms with E-state index < -0.39 is 11.4 Å². The molecule has 0 heterocycles. The van der Waals surface area contributed by atoms with E-state index in [1.807, 2.05) is 0 Å². The number of aliphatic carboxylic acids is 1. The van der Waals surface area contributed by atoms with E-state index in [-0.39, 0.29) is 11.9 Å². The van der Waals surface area contributed by atoms with Gasteiger partial charge in [0.2, 0.25) is 5.91 Å². The van der Waals surface area contributed by atoms with Crippen molar-refractivity contribution in [3.63, 3.8) is 0 Å². The van der Waals surface area contributed by atoms with Crippen molar-refractivity contribution in [2.24, 2.45) is 11.3 Å². The van der Waals surface area contributed by atoms with Crippen molar-refractivity contribution < 1.29 is 14.7 Å². The molecule has 0 saturated heterocycles. The summed E-state index contributed by atoms with van der Waals surface area (Å²) in [5, 5.41) is 11.8. The monoisotopic (exact) mass is 199 g/mol. The molecule has 1 aliphatic rings. The summed E-state index contributed by atoms with van der Waals surface area (Å²) in [5.74, 6) is -0.677. The molecule has 80 valence electrons. The van der Waals surface area contributed by atoms with E-state index in [1.165, 1.54) is 6.92 Å². The molecule has 1 aliphatic carbocycles. The SMILES string of the molecule is CC(=O)N[C@@H](C1CC1)C(C)(C)C(=O)O. The number of carbonyl (C=O) groups excluding carboxylic acids is 1. The van der Waals surface area contributed by atoms with Gasteiger partial charge >= 0.3 is 5.97 Å². The Hall–Kier alpha value is -1.06. The van der Waals surface area contributed by atoms with Crippen LogP contribution in [0, 0.1) is 11.3 Å². The van der Waals surface area contributed by atoms with Gasteiger partial charge in [-0.2, -0.15) is 0 Å². The molecule has 0 aromatic rings. The van der Waals surface area contributed by atoms with Crippen molar-refractivity contribution in [2.45, 2.75) is 39.7 Å². The molecule has 1 rings (SSSR count). The molecule has 1 amide bonds. The minimum absolute atomic E-state index is 0.156. The first-order valence-corrected chi connectivity index (χ1v) is 4.86. The third-order valence-electron chi connectivity index (χ3n) is 2.78. The first-order chi connectivity index (χ1) is 6.35. The highest BCUT2D eigenvalue weighted by Crippen LogP contribution is 2.40. The van der Waals surface area contributed by atoms with Crippen LogP contribution in [0.3, 0.4) is 0 Å². The molecule has 0 aromatic carbocycles. The number of carboxylic acids is 1. The summed E-state index contributed by atoms with van der Waals surface area (Å²) in [7, 11) is 0. The van der Waals surface area contributed by atoms with Gasteiger partial charge < -0.3 is 10.4 Å². The highest BCUT2D eigenvalue weighted by Gasteiger charge is 2.45. The second-order valence-corrected chi connectivity index (χ2v) is 4.54. The van der Waals surface area contributed by atoms with Gasteiger partial charge in [-0.3, -0.25) is 9.59 Å². The zero-order valence-corrected chi connectivity index (χ0v) is 8.83. The van der Waals surface area contributed by atoms with Gasteiger partial charge in [0.1, 0.15) is 0 Å². The molecule has 1 atom stereocenters. The van der Waals surface area contributed by atoms with Gasteiger partial charge in [0.25, 0.3) is 0 Å². The molecular weight excluding hydrogens is 182 g/mol. The predicted octanol–water partition coefficient (Wildman–Crippen LogP) is 1.01. The summed E-state index contributed by atoms with van der Waals surface area (Å²) in [4.78, 5) is 22.0. The molecule has 0 unspecified atom stereocenters. The van der Waals surface area contributed by atoms with Crippen molar-refractivity contribution >= 4 is 11.9 Å². The zero-order chi connectivity index (χ0) is 10.9. The van der Waals surface area contributed by atoms with Crippen molar-refractivity contribution in [3.05, 3.63) is 0 Å². The smallest absolute Gasteiger partial charge is 0.311 e. The van der Waals surface area contributed by atoms with E-state index in [0.717, 1.165) is 12.8 Å². The van der Waals surface area contributed by atoms with Crippen LogP contribution in [0.2, 0.25) is 0 Å². The molecule has 4 nitrogen and oxygen atoms in total. The lowest BCUT2D eigenvalue weighted by Gasteiger charge is -2.30. The Balaban J connectivity index is 2.75. The average Bonchev–Trinajstić information content (AvgIpc) is 2.81. The molecule has 0 aromatic heterocycles. The lowest BCUT2D eigenvalue weighted by atomic mass is 9.81. The Labute approximate surface area is 83.7 Å². The number of amides is 1. The van der Waals surface area contributed by atoms with E-state index in [9.17, 15) is 9.59 Å². The average molecular weight is 199 g/mol. The number of carbonyl (C=O) groups is 2. The molecule has 1 saturated carbocycles. The molecule has 0 aliphatic heterocycles. The number of nitrogens with one attached hydrogen (secondary N) is 1. The number of hydrogen-bond donors (Lipinski definition) is 2. The minimum atomic E-state index is -0.882. The number of carboxylic acid groups (broad SMARTS) is 1. The minimum Gasteiger partial charge on any atom is -0.481 e. The summed E-state index contributed by atoms with van der Waals surface area (Å²) in [6.07, 6.45) is 2.03. The lowest BCUT2D eigenvalue weighted by molar-refractivity contribution is -0.149. The zero-order valence-electron chi connectivity index (χ0n) is 8.83. The van der Waals surface area contributed by atoms with Crippen LogP contribution in [0.5, 0.6) is 0 Å². The summed E-state index contributed by atoms with van der Waals surface area (Å²) in [5.41, 5.74) is -0.882. The van der Waals surface area contributed by atoms with Gasteiger partial charge in [0, 0.05) is 13.0 Å². The van der Waals surface area contributed by atoms with Gasteiger partial charge in [-0.15, -0.1) is 0 Å². The Bertz CT molecular complexity index is 256. The fraction of sp³-hybridized carbons (Fsp3) is 0.800. The van der Waals surface area contributed by atoms with Gasteiger partial charge in [-0.05, 0) is 32.6 Å². The molecule has 0 spiro atoms. The number of hydrogen-bond acceptors (Lipinski definition) is 2. The van der Waals surface area contributed by atoms with Gasteiger partial charge in [0.15, 0.2) is 0 Å². The topological polar surface area (TPSA) is 66.4 Å². The summed E-state index contributed by atoms with van der Waals surface area (Å²) in [6.45, 7) is 4.75. The second-order valence-electron chi connectivity index (χ2n) is 4.54. The van der Waals surface area contributed by atoms with Crippen LogP contribution < -0.4 is 5.32 Å². The fourth-order valence-electron chi connectivity index (χ4n) is 1.67. The van der Waals surface area contributed by atoms with E-state index in [2.05, 4.69) is 5.32 Å². The lowest BCUT2D eigenvalue weighted by Crippen LogP contribution is -2.49. The van der Waals surface area contributed by atoms with Crippen LogP contribution in [0.1, 0.15) is 33.6 Å². The first-order valence-electron chi connectivity index (χ1n) is 4.86. The standard InChI is InChI=1S/C10H17NO3/c1-6(12)11-8(7-4-5-7)10(2,3)9(13)14/h7-8H,4-5H2,1-3H3,(H,11,12)(H,13,14)/t8-/m0/s1. The highest BCUT2D eigenvalue weighted by molar-refractivity contribution is 5.78. The molecule has 2 N–H and O–H groups in total. The van der Waals surface area contributed by atoms with Crippen LogP contribution in [-0.4, -0.2) is 23.0 Å². The number of rotatable bonds is 4. The Kier molecular flexibility index (Phi) is 2.83. The van der Waals surface area contributed by atoms with Crippen LogP contribution in [0.25, 0.3) is 0 Å². The summed E-state index contributed by atoms with van der Waals surface area (Å²) in [6, 6.07) is -0.238. The van der Waals surface area contributed by atoms with Crippen molar-refractivity contribution in [2.75, 3.05) is 0 Å². The Morgan fingerprint density at radius 2 is 1.93 bits per heavy atom. The molecule has 0 radical (unpaired) electrons. The second kappa shape index (κ2) is 3.59. The van der Waals surface area contributed by atoms with E-state index in [4.69, 9.17) is 5.11 Å². The van der Waals surface area contributed by atoms with Crippen LogP contribution in [-0.2, 0) is 9.59 Å². The van der Waals surface area contributed by atoms with Crippen molar-refractivity contribution in [3.8, 4) is 0 Å². The molecular formula is C10H17NO3.